The van der Waals surface area contributed by atoms with Crippen LogP contribution in [0.1, 0.15) is 24.2 Å². The SMILES string of the molecule is CC(C)CNC(=O)c1ccccc1NS(=O)(=O)c1ccccc1F. The summed E-state index contributed by atoms with van der Waals surface area (Å²) in [5.41, 5.74) is 0.278. The van der Waals surface area contributed by atoms with Gasteiger partial charge in [-0.25, -0.2) is 12.8 Å². The molecule has 0 atom stereocenters. The van der Waals surface area contributed by atoms with Crippen LogP contribution in [0.4, 0.5) is 10.1 Å². The minimum atomic E-state index is -4.14. The van der Waals surface area contributed by atoms with Crippen molar-refractivity contribution in [1.82, 2.24) is 5.32 Å². The fraction of sp³-hybridized carbons (Fsp3) is 0.235. The second-order valence-electron chi connectivity index (χ2n) is 5.69. The maximum Gasteiger partial charge on any atom is 0.264 e. The monoisotopic (exact) mass is 350 g/mol. The zero-order chi connectivity index (χ0) is 17.7. The van der Waals surface area contributed by atoms with Crippen molar-refractivity contribution >= 4 is 21.6 Å². The Bertz CT molecular complexity index is 835. The van der Waals surface area contributed by atoms with E-state index in [1.165, 1.54) is 30.3 Å². The number of nitrogens with one attached hydrogen (secondary N) is 2. The van der Waals surface area contributed by atoms with E-state index in [1.807, 2.05) is 13.8 Å². The summed E-state index contributed by atoms with van der Waals surface area (Å²) in [5.74, 6) is -0.988. The number of hydrogen-bond donors (Lipinski definition) is 2. The Balaban J connectivity index is 2.30. The Labute approximate surface area is 141 Å². The highest BCUT2D eigenvalue weighted by molar-refractivity contribution is 7.92. The molecule has 7 heteroatoms. The van der Waals surface area contributed by atoms with Gasteiger partial charge >= 0.3 is 0 Å². The van der Waals surface area contributed by atoms with Crippen molar-refractivity contribution < 1.29 is 17.6 Å². The van der Waals surface area contributed by atoms with Gasteiger partial charge in [0.15, 0.2) is 0 Å². The lowest BCUT2D eigenvalue weighted by Gasteiger charge is -2.14. The summed E-state index contributed by atoms with van der Waals surface area (Å²) in [6, 6.07) is 11.3. The molecule has 128 valence electrons. The molecule has 0 aliphatic heterocycles. The number of amides is 1. The number of hydrogen-bond acceptors (Lipinski definition) is 3. The fourth-order valence-electron chi connectivity index (χ4n) is 2.02. The van der Waals surface area contributed by atoms with Crippen molar-refractivity contribution in [2.75, 3.05) is 11.3 Å². The molecule has 0 saturated heterocycles. The van der Waals surface area contributed by atoms with Gasteiger partial charge < -0.3 is 5.32 Å². The highest BCUT2D eigenvalue weighted by Crippen LogP contribution is 2.21. The molecule has 0 heterocycles. The van der Waals surface area contributed by atoms with Crippen LogP contribution < -0.4 is 10.0 Å². The van der Waals surface area contributed by atoms with Gasteiger partial charge in [-0.05, 0) is 30.2 Å². The molecule has 2 aromatic carbocycles. The smallest absolute Gasteiger partial charge is 0.264 e. The Kier molecular flexibility index (Phi) is 5.56. The lowest BCUT2D eigenvalue weighted by atomic mass is 10.1. The third-order valence-corrected chi connectivity index (χ3v) is 4.61. The lowest BCUT2D eigenvalue weighted by Crippen LogP contribution is -2.28. The minimum Gasteiger partial charge on any atom is -0.352 e. The van der Waals surface area contributed by atoms with Crippen LogP contribution in [0.15, 0.2) is 53.4 Å². The normalized spacial score (nSPS) is 11.3. The molecule has 5 nitrogen and oxygen atoms in total. The Morgan fingerprint density at radius 1 is 1.08 bits per heavy atom. The van der Waals surface area contributed by atoms with Crippen LogP contribution >= 0.6 is 0 Å². The second kappa shape index (κ2) is 7.44. The van der Waals surface area contributed by atoms with E-state index in [2.05, 4.69) is 10.0 Å². The predicted octanol–water partition coefficient (Wildman–Crippen LogP) is 3.01. The molecule has 0 saturated carbocycles. The van der Waals surface area contributed by atoms with Crippen molar-refractivity contribution in [2.45, 2.75) is 18.7 Å². The summed E-state index contributed by atoms with van der Waals surface area (Å²) < 4.78 is 40.8. The summed E-state index contributed by atoms with van der Waals surface area (Å²) in [6.07, 6.45) is 0. The van der Waals surface area contributed by atoms with E-state index < -0.39 is 26.6 Å². The topological polar surface area (TPSA) is 75.3 Å². The van der Waals surface area contributed by atoms with Gasteiger partial charge in [-0.3, -0.25) is 9.52 Å². The van der Waals surface area contributed by atoms with Gasteiger partial charge in [-0.2, -0.15) is 0 Å². The minimum absolute atomic E-state index is 0.0991. The van der Waals surface area contributed by atoms with E-state index >= 15 is 0 Å². The van der Waals surface area contributed by atoms with Crippen LogP contribution in [-0.2, 0) is 10.0 Å². The van der Waals surface area contributed by atoms with Crippen LogP contribution in [0.25, 0.3) is 0 Å². The number of rotatable bonds is 6. The third-order valence-electron chi connectivity index (χ3n) is 3.21. The summed E-state index contributed by atoms with van der Waals surface area (Å²) in [5, 5.41) is 2.73. The van der Waals surface area contributed by atoms with Crippen molar-refractivity contribution in [3.05, 3.63) is 59.9 Å². The summed E-state index contributed by atoms with van der Waals surface area (Å²) in [7, 11) is -4.14. The molecule has 0 aliphatic carbocycles. The van der Waals surface area contributed by atoms with E-state index in [1.54, 1.807) is 12.1 Å². The number of anilines is 1. The number of sulfonamides is 1. The van der Waals surface area contributed by atoms with E-state index in [4.69, 9.17) is 0 Å². The largest absolute Gasteiger partial charge is 0.352 e. The van der Waals surface area contributed by atoms with E-state index in [0.717, 1.165) is 6.07 Å². The average Bonchev–Trinajstić information content (AvgIpc) is 2.53. The van der Waals surface area contributed by atoms with Crippen LogP contribution in [0.2, 0.25) is 0 Å². The molecule has 0 unspecified atom stereocenters. The first-order valence-corrected chi connectivity index (χ1v) is 8.94. The number of carbonyl (C=O) groups is 1. The predicted molar refractivity (Wildman–Crippen MR) is 90.8 cm³/mol. The molecule has 0 radical (unpaired) electrons. The second-order valence-corrected chi connectivity index (χ2v) is 7.34. The summed E-state index contributed by atoms with van der Waals surface area (Å²) in [4.78, 5) is 11.8. The van der Waals surface area contributed by atoms with Gasteiger partial charge in [0, 0.05) is 6.54 Å². The van der Waals surface area contributed by atoms with E-state index in [9.17, 15) is 17.6 Å². The van der Waals surface area contributed by atoms with Gasteiger partial charge in [-0.15, -0.1) is 0 Å². The molecule has 0 aliphatic rings. The van der Waals surface area contributed by atoms with Gasteiger partial charge in [0.1, 0.15) is 10.7 Å². The van der Waals surface area contributed by atoms with Gasteiger partial charge in [-0.1, -0.05) is 38.1 Å². The van der Waals surface area contributed by atoms with Gasteiger partial charge in [0.25, 0.3) is 15.9 Å². The van der Waals surface area contributed by atoms with Crippen molar-refractivity contribution in [3.8, 4) is 0 Å². The quantitative estimate of drug-likeness (QED) is 0.841. The molecular weight excluding hydrogens is 331 g/mol. The number of benzene rings is 2. The number of halogens is 1. The Hall–Kier alpha value is -2.41. The fourth-order valence-corrected chi connectivity index (χ4v) is 3.18. The third kappa shape index (κ3) is 4.32. The molecule has 0 fully saturated rings. The van der Waals surface area contributed by atoms with Crippen LogP contribution in [0.5, 0.6) is 0 Å². The Morgan fingerprint density at radius 3 is 2.38 bits per heavy atom. The van der Waals surface area contributed by atoms with Crippen LogP contribution in [0, 0.1) is 11.7 Å². The van der Waals surface area contributed by atoms with Gasteiger partial charge in [0.2, 0.25) is 0 Å². The highest BCUT2D eigenvalue weighted by Gasteiger charge is 2.21. The van der Waals surface area contributed by atoms with E-state index in [-0.39, 0.29) is 17.2 Å². The van der Waals surface area contributed by atoms with Crippen LogP contribution in [0.3, 0.4) is 0 Å². The molecule has 0 aromatic heterocycles. The highest BCUT2D eigenvalue weighted by atomic mass is 32.2. The zero-order valence-electron chi connectivity index (χ0n) is 13.4. The van der Waals surface area contributed by atoms with Gasteiger partial charge in [0.05, 0.1) is 11.3 Å². The molecule has 1 amide bonds. The molecule has 2 N–H and O–H groups in total. The number of carbonyl (C=O) groups excluding carboxylic acids is 1. The first kappa shape index (κ1) is 17.9. The van der Waals surface area contributed by atoms with Crippen molar-refractivity contribution in [1.29, 1.82) is 0 Å². The summed E-state index contributed by atoms with van der Waals surface area (Å²) in [6.45, 7) is 4.37. The molecule has 0 bridgehead atoms. The molecule has 24 heavy (non-hydrogen) atoms. The van der Waals surface area contributed by atoms with Crippen LogP contribution in [-0.4, -0.2) is 20.9 Å². The van der Waals surface area contributed by atoms with E-state index in [0.29, 0.717) is 6.54 Å². The first-order valence-electron chi connectivity index (χ1n) is 7.46. The zero-order valence-corrected chi connectivity index (χ0v) is 14.2. The summed E-state index contributed by atoms with van der Waals surface area (Å²) >= 11 is 0. The maximum absolute atomic E-state index is 13.8. The Morgan fingerprint density at radius 2 is 1.71 bits per heavy atom. The average molecular weight is 350 g/mol. The van der Waals surface area contributed by atoms with Crippen molar-refractivity contribution in [3.63, 3.8) is 0 Å². The maximum atomic E-state index is 13.8. The molecule has 0 spiro atoms. The first-order chi connectivity index (χ1) is 11.3. The molecule has 2 rings (SSSR count). The molecular formula is C17H19FN2O3S. The van der Waals surface area contributed by atoms with Crippen molar-refractivity contribution in [2.24, 2.45) is 5.92 Å². The lowest BCUT2D eigenvalue weighted by molar-refractivity contribution is 0.0950. The standard InChI is InChI=1S/C17H19FN2O3S/c1-12(2)11-19-17(21)13-7-3-5-9-15(13)20-24(22,23)16-10-6-4-8-14(16)18/h3-10,12,20H,11H2,1-2H3,(H,19,21). The number of para-hydroxylation sites is 1. The molecule has 2 aromatic rings.